The van der Waals surface area contributed by atoms with Crippen LogP contribution in [0, 0.1) is 11.8 Å². The van der Waals surface area contributed by atoms with Crippen molar-refractivity contribution in [3.05, 3.63) is 23.8 Å². The molecule has 12 heavy (non-hydrogen) atoms. The molecule has 3 N–H and O–H groups in total. The van der Waals surface area contributed by atoms with E-state index in [4.69, 9.17) is 5.73 Å². The fourth-order valence-corrected chi connectivity index (χ4v) is 0.769. The number of hydrogen-bond donors (Lipinski definition) is 2. The van der Waals surface area contributed by atoms with Crippen molar-refractivity contribution in [2.45, 2.75) is 0 Å². The average Bonchev–Trinajstić information content (AvgIpc) is 2.08. The van der Waals surface area contributed by atoms with Crippen molar-refractivity contribution in [1.29, 1.82) is 0 Å². The summed E-state index contributed by atoms with van der Waals surface area (Å²) in [6, 6.07) is 4.80. The van der Waals surface area contributed by atoms with Crippen molar-refractivity contribution >= 4 is 12.0 Å². The fourth-order valence-electron chi connectivity index (χ4n) is 0.769. The third-order valence-corrected chi connectivity index (χ3v) is 1.33. The molecule has 0 fully saturated rings. The molecule has 0 bridgehead atoms. The van der Waals surface area contributed by atoms with Gasteiger partial charge >= 0.3 is 0 Å². The number of nitrogens with two attached hydrogens (primary N) is 1. The van der Waals surface area contributed by atoms with E-state index in [9.17, 15) is 9.90 Å². The van der Waals surface area contributed by atoms with E-state index in [0.29, 0.717) is 11.8 Å². The molecule has 0 atom stereocenters. The Morgan fingerprint density at radius 3 is 2.92 bits per heavy atom. The number of para-hydroxylation sites is 1. The minimum Gasteiger partial charge on any atom is -0.505 e. The first-order valence-electron chi connectivity index (χ1n) is 3.28. The van der Waals surface area contributed by atoms with Crippen molar-refractivity contribution in [3.63, 3.8) is 0 Å². The second-order valence-electron chi connectivity index (χ2n) is 2.13. The van der Waals surface area contributed by atoms with Crippen LogP contribution in [0.2, 0.25) is 0 Å². The maximum absolute atomic E-state index is 9.89. The zero-order valence-electron chi connectivity index (χ0n) is 6.24. The van der Waals surface area contributed by atoms with Gasteiger partial charge in [0.2, 0.25) is 0 Å². The van der Waals surface area contributed by atoms with Gasteiger partial charge in [-0.25, -0.2) is 0 Å². The molecule has 0 heterocycles. The van der Waals surface area contributed by atoms with Crippen LogP contribution in [0.5, 0.6) is 5.75 Å². The Kier molecular flexibility index (Phi) is 2.34. The number of benzene rings is 1. The summed E-state index contributed by atoms with van der Waals surface area (Å²) in [4.78, 5) is 9.89. The summed E-state index contributed by atoms with van der Waals surface area (Å²) in [5.74, 6) is 4.56. The van der Waals surface area contributed by atoms with E-state index in [1.165, 1.54) is 0 Å². The molecule has 0 aliphatic rings. The highest BCUT2D eigenvalue weighted by atomic mass is 16.3. The Hall–Kier alpha value is -1.95. The third kappa shape index (κ3) is 1.55. The zero-order valence-corrected chi connectivity index (χ0v) is 6.24. The number of rotatable bonds is 0. The maximum atomic E-state index is 9.89. The van der Waals surface area contributed by atoms with Gasteiger partial charge in [-0.3, -0.25) is 4.79 Å². The van der Waals surface area contributed by atoms with Crippen LogP contribution in [0.4, 0.5) is 5.69 Å². The van der Waals surface area contributed by atoms with Gasteiger partial charge in [-0.05, 0) is 18.1 Å². The first-order chi connectivity index (χ1) is 5.75. The molecule has 0 aliphatic heterocycles. The van der Waals surface area contributed by atoms with Gasteiger partial charge in [0.05, 0.1) is 11.3 Å². The van der Waals surface area contributed by atoms with Crippen molar-refractivity contribution in [3.8, 4) is 17.6 Å². The maximum Gasteiger partial charge on any atom is 0.193 e. The van der Waals surface area contributed by atoms with Gasteiger partial charge in [0.15, 0.2) is 12.0 Å². The third-order valence-electron chi connectivity index (χ3n) is 1.33. The minimum absolute atomic E-state index is 0.0770. The van der Waals surface area contributed by atoms with Gasteiger partial charge < -0.3 is 10.8 Å². The van der Waals surface area contributed by atoms with E-state index in [1.807, 2.05) is 0 Å². The molecule has 3 heteroatoms. The molecule has 0 unspecified atom stereocenters. The Balaban J connectivity index is 3.16. The molecule has 3 nitrogen and oxygen atoms in total. The molecule has 0 aromatic heterocycles. The minimum atomic E-state index is -0.0770. The summed E-state index contributed by atoms with van der Waals surface area (Å²) < 4.78 is 0. The normalized spacial score (nSPS) is 8.33. The number of anilines is 1. The molecular weight excluding hydrogens is 154 g/mol. The van der Waals surface area contributed by atoms with Crippen LogP contribution in [0.3, 0.4) is 0 Å². The number of hydrogen-bond acceptors (Lipinski definition) is 3. The standard InChI is InChI=1S/C9H7NO2/c10-8-5-1-3-7(9(8)12)4-2-6-11/h1,3,5-6,12H,10H2. The van der Waals surface area contributed by atoms with Crippen molar-refractivity contribution in [1.82, 2.24) is 0 Å². The summed E-state index contributed by atoms with van der Waals surface area (Å²) >= 11 is 0. The van der Waals surface area contributed by atoms with Gasteiger partial charge in [0, 0.05) is 0 Å². The van der Waals surface area contributed by atoms with Crippen LogP contribution in [0.15, 0.2) is 18.2 Å². The number of phenolic OH excluding ortho intramolecular Hbond substituents is 1. The van der Waals surface area contributed by atoms with Gasteiger partial charge in [-0.2, -0.15) is 0 Å². The lowest BCUT2D eigenvalue weighted by Gasteiger charge is -1.98. The highest BCUT2D eigenvalue weighted by Gasteiger charge is 1.99. The van der Waals surface area contributed by atoms with Gasteiger partial charge in [-0.1, -0.05) is 12.0 Å². The van der Waals surface area contributed by atoms with Gasteiger partial charge in [0.1, 0.15) is 0 Å². The van der Waals surface area contributed by atoms with E-state index >= 15 is 0 Å². The SMILES string of the molecule is Nc1cccc(C#CC=O)c1O. The Bertz CT molecular complexity index is 361. The number of aromatic hydroxyl groups is 1. The molecule has 1 rings (SSSR count). The first-order valence-corrected chi connectivity index (χ1v) is 3.28. The van der Waals surface area contributed by atoms with E-state index in [1.54, 1.807) is 18.2 Å². The van der Waals surface area contributed by atoms with E-state index in [2.05, 4.69) is 11.8 Å². The number of nitrogen functional groups attached to an aromatic ring is 1. The predicted octanol–water partition coefficient (Wildman–Crippen LogP) is 0.525. The first kappa shape index (κ1) is 8.15. The molecule has 0 spiro atoms. The lowest BCUT2D eigenvalue weighted by Crippen LogP contribution is -1.87. The highest BCUT2D eigenvalue weighted by Crippen LogP contribution is 2.22. The number of aldehydes is 1. The molecule has 0 amide bonds. The van der Waals surface area contributed by atoms with E-state index in [-0.39, 0.29) is 11.4 Å². The lowest BCUT2D eigenvalue weighted by atomic mass is 10.2. The van der Waals surface area contributed by atoms with Gasteiger partial charge in [0.25, 0.3) is 0 Å². The summed E-state index contributed by atoms with van der Waals surface area (Å²) in [5, 5.41) is 9.28. The summed E-state index contributed by atoms with van der Waals surface area (Å²) in [6.07, 6.45) is 0.461. The van der Waals surface area contributed by atoms with Crippen molar-refractivity contribution < 1.29 is 9.90 Å². The zero-order chi connectivity index (χ0) is 8.97. The second-order valence-corrected chi connectivity index (χ2v) is 2.13. The summed E-state index contributed by atoms with van der Waals surface area (Å²) in [7, 11) is 0. The molecular formula is C9H7NO2. The molecule has 0 aliphatic carbocycles. The van der Waals surface area contributed by atoms with Crippen LogP contribution >= 0.6 is 0 Å². The Morgan fingerprint density at radius 2 is 2.25 bits per heavy atom. The molecule has 60 valence electrons. The van der Waals surface area contributed by atoms with E-state index in [0.717, 1.165) is 0 Å². The average molecular weight is 161 g/mol. The van der Waals surface area contributed by atoms with E-state index < -0.39 is 0 Å². The Morgan fingerprint density at radius 1 is 1.50 bits per heavy atom. The quantitative estimate of drug-likeness (QED) is 0.252. The number of carbonyl (C=O) groups is 1. The second kappa shape index (κ2) is 3.44. The fraction of sp³-hybridized carbons (Fsp3) is 0. The summed E-state index contributed by atoms with van der Waals surface area (Å²) in [6.45, 7) is 0. The number of phenols is 1. The van der Waals surface area contributed by atoms with Crippen molar-refractivity contribution in [2.24, 2.45) is 0 Å². The molecule has 0 saturated carbocycles. The monoisotopic (exact) mass is 161 g/mol. The Labute approximate surface area is 69.8 Å². The smallest absolute Gasteiger partial charge is 0.193 e. The van der Waals surface area contributed by atoms with Crippen LogP contribution in [-0.4, -0.2) is 11.4 Å². The highest BCUT2D eigenvalue weighted by molar-refractivity contribution is 5.75. The molecule has 1 aromatic rings. The molecule has 0 saturated heterocycles. The van der Waals surface area contributed by atoms with Gasteiger partial charge in [-0.15, -0.1) is 0 Å². The molecule has 0 radical (unpaired) electrons. The van der Waals surface area contributed by atoms with Crippen LogP contribution in [0.25, 0.3) is 0 Å². The van der Waals surface area contributed by atoms with Crippen LogP contribution in [-0.2, 0) is 4.79 Å². The van der Waals surface area contributed by atoms with Crippen LogP contribution in [0.1, 0.15) is 5.56 Å². The largest absolute Gasteiger partial charge is 0.505 e. The lowest BCUT2D eigenvalue weighted by molar-refractivity contribution is -0.103. The predicted molar refractivity (Wildman–Crippen MR) is 45.5 cm³/mol. The summed E-state index contributed by atoms with van der Waals surface area (Å²) in [5.41, 5.74) is 6.01. The topological polar surface area (TPSA) is 63.3 Å². The molecule has 1 aromatic carbocycles. The van der Waals surface area contributed by atoms with Crippen LogP contribution < -0.4 is 5.73 Å². The number of carbonyl (C=O) groups excluding carboxylic acids is 1. The van der Waals surface area contributed by atoms with Crippen molar-refractivity contribution in [2.75, 3.05) is 5.73 Å².